The van der Waals surface area contributed by atoms with E-state index in [0.717, 1.165) is 36.4 Å². The molecule has 27 heavy (non-hydrogen) atoms. The summed E-state index contributed by atoms with van der Waals surface area (Å²) in [6, 6.07) is 5.42. The second-order valence-electron chi connectivity index (χ2n) is 5.37. The lowest BCUT2D eigenvalue weighted by Crippen LogP contribution is -2.17. The van der Waals surface area contributed by atoms with E-state index in [9.17, 15) is 37.1 Å². The van der Waals surface area contributed by atoms with Crippen molar-refractivity contribution in [1.82, 2.24) is 0 Å². The van der Waals surface area contributed by atoms with Crippen molar-refractivity contribution in [3.05, 3.63) is 67.8 Å². The Balaban J connectivity index is 2.75. The van der Waals surface area contributed by atoms with Crippen LogP contribution in [-0.4, -0.2) is 26.7 Å². The van der Waals surface area contributed by atoms with Gasteiger partial charge in [0, 0.05) is 30.7 Å². The Morgan fingerprint density at radius 1 is 0.741 bits per heavy atom. The van der Waals surface area contributed by atoms with Gasteiger partial charge in [0.25, 0.3) is 11.4 Å². The molecule has 2 rings (SSSR count). The van der Waals surface area contributed by atoms with E-state index in [0.29, 0.717) is 0 Å². The predicted molar refractivity (Wildman–Crippen MR) is 91.7 cm³/mol. The molecule has 4 N–H and O–H groups in total. The molecule has 0 aliphatic rings. The molecule has 144 valence electrons. The summed E-state index contributed by atoms with van der Waals surface area (Å²) in [5.74, 6) is 0. The summed E-state index contributed by atoms with van der Waals surface area (Å²) >= 11 is 0. The van der Waals surface area contributed by atoms with Crippen LogP contribution in [0.15, 0.2) is 46.2 Å². The van der Waals surface area contributed by atoms with E-state index in [-0.39, 0.29) is 11.1 Å². The third-order valence-corrected chi connectivity index (χ3v) is 5.53. The van der Waals surface area contributed by atoms with Gasteiger partial charge in [-0.3, -0.25) is 20.2 Å². The van der Waals surface area contributed by atoms with E-state index in [2.05, 4.69) is 0 Å². The van der Waals surface area contributed by atoms with Crippen molar-refractivity contribution >= 4 is 31.4 Å². The number of nitrogens with zero attached hydrogens (tertiary/aromatic N) is 2. The number of sulfonamides is 2. The van der Waals surface area contributed by atoms with Crippen LogP contribution in [0.25, 0.3) is 0 Å². The van der Waals surface area contributed by atoms with Crippen LogP contribution in [0, 0.1) is 20.2 Å². The Hall–Kier alpha value is -2.94. The summed E-state index contributed by atoms with van der Waals surface area (Å²) in [7, 11) is -8.62. The van der Waals surface area contributed by atoms with E-state index in [1.165, 1.54) is 0 Å². The maximum atomic E-state index is 11.7. The summed E-state index contributed by atoms with van der Waals surface area (Å²) in [6.45, 7) is 0. The van der Waals surface area contributed by atoms with E-state index in [1.54, 1.807) is 0 Å². The molecule has 0 heterocycles. The molecular weight excluding hydrogens is 404 g/mol. The van der Waals surface area contributed by atoms with E-state index >= 15 is 0 Å². The van der Waals surface area contributed by atoms with Gasteiger partial charge < -0.3 is 0 Å². The molecule has 0 spiro atoms. The molecule has 0 atom stereocenters. The molecule has 0 radical (unpaired) electrons. The van der Waals surface area contributed by atoms with E-state index in [1.807, 2.05) is 0 Å². The monoisotopic (exact) mass is 416 g/mol. The van der Waals surface area contributed by atoms with Crippen LogP contribution in [0.2, 0.25) is 0 Å². The molecule has 0 saturated heterocycles. The van der Waals surface area contributed by atoms with E-state index < -0.39 is 57.5 Å². The maximum absolute atomic E-state index is 11.7. The van der Waals surface area contributed by atoms with Crippen molar-refractivity contribution in [3.63, 3.8) is 0 Å². The fourth-order valence-electron chi connectivity index (χ4n) is 2.40. The predicted octanol–water partition coefficient (Wildman–Crippen LogP) is 0.389. The van der Waals surface area contributed by atoms with Crippen LogP contribution in [0.4, 0.5) is 11.4 Å². The van der Waals surface area contributed by atoms with Crippen molar-refractivity contribution in [2.24, 2.45) is 10.3 Å². The topological polar surface area (TPSA) is 207 Å². The summed E-state index contributed by atoms with van der Waals surface area (Å²) < 4.78 is 47.0. The number of primary sulfonamides is 2. The van der Waals surface area contributed by atoms with E-state index in [4.69, 9.17) is 10.3 Å². The van der Waals surface area contributed by atoms with Gasteiger partial charge in [0.05, 0.1) is 19.6 Å². The van der Waals surface area contributed by atoms with Crippen LogP contribution in [0.3, 0.4) is 0 Å². The Morgan fingerprint density at radius 3 is 1.33 bits per heavy atom. The van der Waals surface area contributed by atoms with Crippen molar-refractivity contribution in [2.75, 3.05) is 0 Å². The number of hydrogen-bond acceptors (Lipinski definition) is 8. The first kappa shape index (κ1) is 20.4. The second-order valence-corrected chi connectivity index (χ2v) is 8.42. The van der Waals surface area contributed by atoms with Gasteiger partial charge in [-0.05, 0) is 23.3 Å². The van der Waals surface area contributed by atoms with Gasteiger partial charge >= 0.3 is 0 Å². The van der Waals surface area contributed by atoms with Gasteiger partial charge in [-0.1, -0.05) is 0 Å². The quantitative estimate of drug-likeness (QED) is 0.496. The third kappa shape index (κ3) is 4.62. The molecule has 0 bridgehead atoms. The Kier molecular flexibility index (Phi) is 5.28. The molecular formula is C13H12N4O8S2. The fraction of sp³-hybridized carbons (Fsp3) is 0.0769. The highest BCUT2D eigenvalue weighted by atomic mass is 32.2. The minimum absolute atomic E-state index is 0.211. The standard InChI is InChI=1S/C13H12N4O8S2/c14-26(22,23)12-3-1-10(16(18)19)6-8(12)5-9-7-11(17(20)21)2-4-13(9)27(15,24)25/h1-4,6-7H,5H2,(H2,14,22,23)(H2,15,24,25). The van der Waals surface area contributed by atoms with Crippen molar-refractivity contribution in [2.45, 2.75) is 16.2 Å². The number of nitro groups is 2. The molecule has 0 saturated carbocycles. The average molecular weight is 416 g/mol. The van der Waals surface area contributed by atoms with Gasteiger partial charge in [0.1, 0.15) is 0 Å². The van der Waals surface area contributed by atoms with Crippen LogP contribution < -0.4 is 10.3 Å². The number of rotatable bonds is 6. The fourth-order valence-corrected chi connectivity index (χ4v) is 3.90. The Bertz CT molecular complexity index is 1070. The first-order valence-corrected chi connectivity index (χ1v) is 10.00. The summed E-state index contributed by atoms with van der Waals surface area (Å²) in [5.41, 5.74) is -1.37. The summed E-state index contributed by atoms with van der Waals surface area (Å²) in [4.78, 5) is 19.4. The molecule has 0 aromatic heterocycles. The molecule has 0 fully saturated rings. The largest absolute Gasteiger partial charge is 0.269 e. The number of nitrogens with two attached hydrogens (primary N) is 2. The summed E-state index contributed by atoms with van der Waals surface area (Å²) in [5, 5.41) is 32.1. The Morgan fingerprint density at radius 2 is 1.07 bits per heavy atom. The zero-order valence-electron chi connectivity index (χ0n) is 13.3. The molecule has 0 amide bonds. The zero-order valence-corrected chi connectivity index (χ0v) is 14.9. The minimum atomic E-state index is -4.31. The van der Waals surface area contributed by atoms with Crippen LogP contribution in [-0.2, 0) is 26.5 Å². The lowest BCUT2D eigenvalue weighted by molar-refractivity contribution is -0.385. The van der Waals surface area contributed by atoms with Crippen molar-refractivity contribution in [3.8, 4) is 0 Å². The molecule has 2 aromatic rings. The third-order valence-electron chi connectivity index (χ3n) is 3.50. The first-order chi connectivity index (χ1) is 12.3. The van der Waals surface area contributed by atoms with Crippen molar-refractivity contribution < 1.29 is 26.7 Å². The number of nitro benzene ring substituents is 2. The molecule has 0 unspecified atom stereocenters. The number of non-ortho nitro benzene ring substituents is 2. The second kappa shape index (κ2) is 6.99. The number of benzene rings is 2. The highest BCUT2D eigenvalue weighted by Gasteiger charge is 2.23. The van der Waals surface area contributed by atoms with Crippen LogP contribution in [0.5, 0.6) is 0 Å². The van der Waals surface area contributed by atoms with Crippen LogP contribution >= 0.6 is 0 Å². The molecule has 0 aliphatic carbocycles. The molecule has 2 aromatic carbocycles. The maximum Gasteiger partial charge on any atom is 0.269 e. The van der Waals surface area contributed by atoms with Gasteiger partial charge in [-0.15, -0.1) is 0 Å². The first-order valence-electron chi connectivity index (χ1n) is 6.91. The average Bonchev–Trinajstić information content (AvgIpc) is 2.52. The highest BCUT2D eigenvalue weighted by molar-refractivity contribution is 7.89. The van der Waals surface area contributed by atoms with Gasteiger partial charge in [-0.2, -0.15) is 0 Å². The highest BCUT2D eigenvalue weighted by Crippen LogP contribution is 2.28. The normalized spacial score (nSPS) is 11.9. The molecule has 12 nitrogen and oxygen atoms in total. The molecule has 14 heteroatoms. The Labute approximate surface area is 152 Å². The molecule has 0 aliphatic heterocycles. The van der Waals surface area contributed by atoms with Gasteiger partial charge in [0.15, 0.2) is 0 Å². The lowest BCUT2D eigenvalue weighted by Gasteiger charge is -2.11. The smallest absolute Gasteiger partial charge is 0.258 e. The zero-order chi connectivity index (χ0) is 20.6. The number of hydrogen-bond donors (Lipinski definition) is 2. The summed E-state index contributed by atoms with van der Waals surface area (Å²) in [6.07, 6.45) is -0.513. The lowest BCUT2D eigenvalue weighted by atomic mass is 10.0. The SMILES string of the molecule is NS(=O)(=O)c1ccc([N+](=O)[O-])cc1Cc1cc([N+](=O)[O-])ccc1S(N)(=O)=O. The van der Waals surface area contributed by atoms with Crippen LogP contribution in [0.1, 0.15) is 11.1 Å². The van der Waals surface area contributed by atoms with Crippen molar-refractivity contribution in [1.29, 1.82) is 0 Å². The van der Waals surface area contributed by atoms with Gasteiger partial charge in [0.2, 0.25) is 20.0 Å². The van der Waals surface area contributed by atoms with Gasteiger partial charge in [-0.25, -0.2) is 27.1 Å². The minimum Gasteiger partial charge on any atom is -0.258 e.